The van der Waals surface area contributed by atoms with E-state index < -0.39 is 0 Å². The van der Waals surface area contributed by atoms with E-state index in [4.69, 9.17) is 5.73 Å². The monoisotopic (exact) mass is 127 g/mol. The van der Waals surface area contributed by atoms with Gasteiger partial charge in [0.05, 0.1) is 0 Å². The molecule has 1 heteroatoms. The van der Waals surface area contributed by atoms with Crippen LogP contribution in [0, 0.1) is 11.8 Å². The zero-order valence-electron chi connectivity index (χ0n) is 6.65. The lowest BCUT2D eigenvalue weighted by atomic mass is 9.64. The fraction of sp³-hybridized carbons (Fsp3) is 1.00. The van der Waals surface area contributed by atoms with Crippen molar-refractivity contribution in [3.63, 3.8) is 0 Å². The Bertz CT molecular complexity index is 105. The highest BCUT2D eigenvalue weighted by atomic mass is 14.8. The summed E-state index contributed by atoms with van der Waals surface area (Å²) in [5.74, 6) is 1.55. The maximum absolute atomic E-state index is 5.97. The first-order valence-electron chi connectivity index (χ1n) is 3.83. The largest absolute Gasteiger partial charge is 0.325 e. The van der Waals surface area contributed by atoms with Gasteiger partial charge in [-0.25, -0.2) is 0 Å². The second-order valence-corrected chi connectivity index (χ2v) is 3.90. The predicted molar refractivity (Wildman–Crippen MR) is 40.2 cm³/mol. The third-order valence-corrected chi connectivity index (χ3v) is 2.65. The van der Waals surface area contributed by atoms with Crippen LogP contribution in [0.3, 0.4) is 0 Å². The summed E-state index contributed by atoms with van der Waals surface area (Å²) in [6.45, 7) is 6.69. The number of hydrogen-bond donors (Lipinski definition) is 1. The summed E-state index contributed by atoms with van der Waals surface area (Å²) in [7, 11) is 0. The molecule has 1 fully saturated rings. The summed E-state index contributed by atoms with van der Waals surface area (Å²) < 4.78 is 0. The van der Waals surface area contributed by atoms with Crippen molar-refractivity contribution >= 4 is 0 Å². The van der Waals surface area contributed by atoms with Crippen molar-refractivity contribution in [2.45, 2.75) is 39.2 Å². The van der Waals surface area contributed by atoms with Gasteiger partial charge in [-0.05, 0) is 31.6 Å². The zero-order chi connectivity index (χ0) is 7.07. The first-order chi connectivity index (χ1) is 4.04. The Morgan fingerprint density at radius 1 is 1.56 bits per heavy atom. The number of nitrogens with two attached hydrogens (primary N) is 1. The molecule has 0 spiro atoms. The molecule has 0 aromatic carbocycles. The molecule has 9 heavy (non-hydrogen) atoms. The second kappa shape index (κ2) is 1.98. The van der Waals surface area contributed by atoms with Crippen LogP contribution in [0.2, 0.25) is 0 Å². The standard InChI is InChI=1S/C8H17N/c1-6(2)7-4-5-8(7,3)9/h6-7H,4-5,9H2,1-3H3. The molecule has 0 aromatic heterocycles. The molecule has 0 aromatic rings. The highest BCUT2D eigenvalue weighted by molar-refractivity contribution is 4.97. The van der Waals surface area contributed by atoms with E-state index in [1.54, 1.807) is 0 Å². The fourth-order valence-electron chi connectivity index (χ4n) is 1.86. The molecule has 1 rings (SSSR count). The summed E-state index contributed by atoms with van der Waals surface area (Å²) in [5, 5.41) is 0. The molecule has 0 bridgehead atoms. The van der Waals surface area contributed by atoms with Crippen LogP contribution in [0.5, 0.6) is 0 Å². The van der Waals surface area contributed by atoms with Gasteiger partial charge in [0.15, 0.2) is 0 Å². The van der Waals surface area contributed by atoms with Gasteiger partial charge in [0.25, 0.3) is 0 Å². The smallest absolute Gasteiger partial charge is 0.0156 e. The van der Waals surface area contributed by atoms with Crippen molar-refractivity contribution in [3.8, 4) is 0 Å². The molecule has 1 nitrogen and oxygen atoms in total. The van der Waals surface area contributed by atoms with Crippen molar-refractivity contribution < 1.29 is 0 Å². The van der Waals surface area contributed by atoms with Crippen LogP contribution >= 0.6 is 0 Å². The molecule has 1 aliphatic carbocycles. The van der Waals surface area contributed by atoms with Crippen LogP contribution in [-0.2, 0) is 0 Å². The molecule has 1 saturated carbocycles. The number of hydrogen-bond acceptors (Lipinski definition) is 1. The summed E-state index contributed by atoms with van der Waals surface area (Å²) in [4.78, 5) is 0. The Kier molecular flexibility index (Phi) is 1.55. The summed E-state index contributed by atoms with van der Waals surface area (Å²) in [6.07, 6.45) is 2.56. The van der Waals surface area contributed by atoms with E-state index in [0.717, 1.165) is 11.8 Å². The molecule has 0 aliphatic heterocycles. The highest BCUT2D eigenvalue weighted by Gasteiger charge is 2.40. The minimum Gasteiger partial charge on any atom is -0.325 e. The molecule has 0 radical (unpaired) electrons. The van der Waals surface area contributed by atoms with Crippen LogP contribution in [0.15, 0.2) is 0 Å². The lowest BCUT2D eigenvalue weighted by molar-refractivity contribution is 0.0996. The molecule has 0 heterocycles. The minimum atomic E-state index is 0.161. The Labute approximate surface area is 57.6 Å². The molecular weight excluding hydrogens is 110 g/mol. The fourth-order valence-corrected chi connectivity index (χ4v) is 1.86. The minimum absolute atomic E-state index is 0.161. The predicted octanol–water partition coefficient (Wildman–Crippen LogP) is 1.77. The third-order valence-electron chi connectivity index (χ3n) is 2.65. The van der Waals surface area contributed by atoms with Gasteiger partial charge in [-0.1, -0.05) is 13.8 Å². The molecule has 0 amide bonds. The highest BCUT2D eigenvalue weighted by Crippen LogP contribution is 2.40. The van der Waals surface area contributed by atoms with E-state index in [2.05, 4.69) is 20.8 Å². The van der Waals surface area contributed by atoms with Gasteiger partial charge in [0, 0.05) is 5.54 Å². The summed E-state index contributed by atoms with van der Waals surface area (Å²) in [6, 6.07) is 0. The Morgan fingerprint density at radius 3 is 2.11 bits per heavy atom. The molecule has 2 unspecified atom stereocenters. The van der Waals surface area contributed by atoms with E-state index in [1.165, 1.54) is 12.8 Å². The SMILES string of the molecule is CC(C)C1CCC1(C)N. The van der Waals surface area contributed by atoms with Gasteiger partial charge in [-0.15, -0.1) is 0 Å². The average Bonchev–Trinajstić information content (AvgIpc) is 1.62. The van der Waals surface area contributed by atoms with Gasteiger partial charge in [-0.2, -0.15) is 0 Å². The zero-order valence-corrected chi connectivity index (χ0v) is 6.65. The Morgan fingerprint density at radius 2 is 2.11 bits per heavy atom. The van der Waals surface area contributed by atoms with Gasteiger partial charge < -0.3 is 5.73 Å². The van der Waals surface area contributed by atoms with Crippen molar-refractivity contribution in [2.75, 3.05) is 0 Å². The Hall–Kier alpha value is -0.0400. The molecule has 0 saturated heterocycles. The van der Waals surface area contributed by atoms with Crippen molar-refractivity contribution in [2.24, 2.45) is 17.6 Å². The summed E-state index contributed by atoms with van der Waals surface area (Å²) in [5.41, 5.74) is 6.13. The van der Waals surface area contributed by atoms with Crippen LogP contribution < -0.4 is 5.73 Å². The average molecular weight is 127 g/mol. The van der Waals surface area contributed by atoms with Gasteiger partial charge in [0.1, 0.15) is 0 Å². The molecule has 2 atom stereocenters. The van der Waals surface area contributed by atoms with E-state index in [9.17, 15) is 0 Å². The van der Waals surface area contributed by atoms with Crippen LogP contribution in [0.1, 0.15) is 33.6 Å². The third kappa shape index (κ3) is 1.11. The molecule has 54 valence electrons. The van der Waals surface area contributed by atoms with Crippen molar-refractivity contribution in [1.29, 1.82) is 0 Å². The summed E-state index contributed by atoms with van der Waals surface area (Å²) >= 11 is 0. The van der Waals surface area contributed by atoms with Crippen LogP contribution in [0.25, 0.3) is 0 Å². The Balaban J connectivity index is 2.45. The van der Waals surface area contributed by atoms with Crippen LogP contribution in [-0.4, -0.2) is 5.54 Å². The topological polar surface area (TPSA) is 26.0 Å². The normalized spacial score (nSPS) is 43.0. The lowest BCUT2D eigenvalue weighted by Gasteiger charge is -2.46. The molecule has 2 N–H and O–H groups in total. The quantitative estimate of drug-likeness (QED) is 0.570. The number of rotatable bonds is 1. The van der Waals surface area contributed by atoms with Gasteiger partial charge in [-0.3, -0.25) is 0 Å². The first kappa shape index (κ1) is 7.07. The van der Waals surface area contributed by atoms with Gasteiger partial charge in [0.2, 0.25) is 0 Å². The molecular formula is C8H17N. The van der Waals surface area contributed by atoms with Crippen molar-refractivity contribution in [1.82, 2.24) is 0 Å². The lowest BCUT2D eigenvalue weighted by Crippen LogP contribution is -2.54. The second-order valence-electron chi connectivity index (χ2n) is 3.90. The first-order valence-corrected chi connectivity index (χ1v) is 3.83. The maximum Gasteiger partial charge on any atom is 0.0156 e. The van der Waals surface area contributed by atoms with Gasteiger partial charge >= 0.3 is 0 Å². The van der Waals surface area contributed by atoms with E-state index in [-0.39, 0.29) is 5.54 Å². The van der Waals surface area contributed by atoms with Crippen LogP contribution in [0.4, 0.5) is 0 Å². The van der Waals surface area contributed by atoms with E-state index in [0.29, 0.717) is 0 Å². The molecule has 1 aliphatic rings. The van der Waals surface area contributed by atoms with E-state index in [1.807, 2.05) is 0 Å². The van der Waals surface area contributed by atoms with E-state index >= 15 is 0 Å². The maximum atomic E-state index is 5.97. The van der Waals surface area contributed by atoms with Crippen molar-refractivity contribution in [3.05, 3.63) is 0 Å².